The van der Waals surface area contributed by atoms with Crippen molar-refractivity contribution in [1.29, 1.82) is 0 Å². The second-order valence-corrected chi connectivity index (χ2v) is 4.87. The summed E-state index contributed by atoms with van der Waals surface area (Å²) < 4.78 is 5.23. The van der Waals surface area contributed by atoms with Crippen LogP contribution in [0.5, 0.6) is 0 Å². The minimum Gasteiger partial charge on any atom is -0.392 e. The fourth-order valence-electron chi connectivity index (χ4n) is 1.94. The van der Waals surface area contributed by atoms with Gasteiger partial charge in [0.05, 0.1) is 12.1 Å². The van der Waals surface area contributed by atoms with Gasteiger partial charge in [-0.3, -0.25) is 0 Å². The first kappa shape index (κ1) is 9.30. The number of nitrogens with zero attached hydrogens (tertiary/aromatic N) is 2. The Morgan fingerprint density at radius 1 is 1.53 bits per heavy atom. The van der Waals surface area contributed by atoms with Crippen LogP contribution >= 0.6 is 0 Å². The van der Waals surface area contributed by atoms with Gasteiger partial charge >= 0.3 is 0 Å². The van der Waals surface area contributed by atoms with Crippen molar-refractivity contribution in [2.75, 3.05) is 6.54 Å². The van der Waals surface area contributed by atoms with Crippen LogP contribution in [0.4, 0.5) is 0 Å². The normalized spacial score (nSPS) is 33.2. The van der Waals surface area contributed by atoms with Crippen molar-refractivity contribution >= 4 is 0 Å². The highest BCUT2D eigenvalue weighted by Gasteiger charge is 2.44. The van der Waals surface area contributed by atoms with Crippen LogP contribution in [0.2, 0.25) is 0 Å². The van der Waals surface area contributed by atoms with Crippen molar-refractivity contribution in [2.24, 2.45) is 0 Å². The second-order valence-electron chi connectivity index (χ2n) is 4.87. The first-order valence-corrected chi connectivity index (χ1v) is 5.43. The molecule has 0 spiro atoms. The lowest BCUT2D eigenvalue weighted by molar-refractivity contribution is 0.191. The van der Waals surface area contributed by atoms with E-state index in [-0.39, 0.29) is 17.6 Å². The maximum Gasteiger partial charge on any atom is 0.243 e. The van der Waals surface area contributed by atoms with Gasteiger partial charge in [-0.15, -0.1) is 0 Å². The number of aliphatic hydroxyl groups excluding tert-OH is 1. The number of hydrogen-bond acceptors (Lipinski definition) is 5. The SMILES string of the molecule is CC1(c2noc([C@@H]3C[C@@H](O)CN3)n2)CC1. The molecule has 0 radical (unpaired) electrons. The molecule has 82 valence electrons. The zero-order chi connectivity index (χ0) is 10.5. The second kappa shape index (κ2) is 3.02. The molecule has 1 saturated carbocycles. The molecule has 1 saturated heterocycles. The summed E-state index contributed by atoms with van der Waals surface area (Å²) in [5.74, 6) is 1.44. The standard InChI is InChI=1S/C10H15N3O2/c1-10(2-3-10)9-12-8(15-13-9)7-4-6(14)5-11-7/h6-7,11,14H,2-5H2,1H3/t6-,7+/m1/s1. The van der Waals surface area contributed by atoms with Gasteiger partial charge in [0, 0.05) is 12.0 Å². The molecule has 0 bridgehead atoms. The van der Waals surface area contributed by atoms with Crippen molar-refractivity contribution in [1.82, 2.24) is 15.5 Å². The summed E-state index contributed by atoms with van der Waals surface area (Å²) in [4.78, 5) is 4.41. The minimum atomic E-state index is -0.290. The van der Waals surface area contributed by atoms with Crippen molar-refractivity contribution in [3.8, 4) is 0 Å². The number of aliphatic hydroxyl groups is 1. The largest absolute Gasteiger partial charge is 0.392 e. The Balaban J connectivity index is 1.79. The third kappa shape index (κ3) is 1.55. The Bertz CT molecular complexity index is 372. The van der Waals surface area contributed by atoms with Crippen LogP contribution in [-0.4, -0.2) is 27.9 Å². The van der Waals surface area contributed by atoms with Gasteiger partial charge in [0.15, 0.2) is 5.82 Å². The molecule has 0 unspecified atom stereocenters. The number of rotatable bonds is 2. The summed E-state index contributed by atoms with van der Waals surface area (Å²) in [6, 6.07) is 0.0311. The Labute approximate surface area is 87.9 Å². The van der Waals surface area contributed by atoms with Crippen LogP contribution in [0.1, 0.15) is 43.9 Å². The molecule has 2 N–H and O–H groups in total. The lowest BCUT2D eigenvalue weighted by Gasteiger charge is -2.02. The summed E-state index contributed by atoms with van der Waals surface area (Å²) in [5.41, 5.74) is 0.152. The molecule has 5 nitrogen and oxygen atoms in total. The van der Waals surface area contributed by atoms with Crippen molar-refractivity contribution in [3.63, 3.8) is 0 Å². The highest BCUT2D eigenvalue weighted by molar-refractivity contribution is 5.15. The van der Waals surface area contributed by atoms with Crippen LogP contribution in [0.15, 0.2) is 4.52 Å². The summed E-state index contributed by atoms with van der Waals surface area (Å²) in [7, 11) is 0. The molecule has 2 heterocycles. The molecule has 2 atom stereocenters. The number of aromatic nitrogens is 2. The van der Waals surface area contributed by atoms with Crippen LogP contribution in [-0.2, 0) is 5.41 Å². The van der Waals surface area contributed by atoms with Gasteiger partial charge in [-0.1, -0.05) is 12.1 Å². The van der Waals surface area contributed by atoms with E-state index in [0.29, 0.717) is 18.9 Å². The Morgan fingerprint density at radius 2 is 2.33 bits per heavy atom. The Morgan fingerprint density at radius 3 is 2.93 bits per heavy atom. The summed E-state index contributed by atoms with van der Waals surface area (Å²) >= 11 is 0. The minimum absolute atomic E-state index is 0.0311. The molecule has 15 heavy (non-hydrogen) atoms. The van der Waals surface area contributed by atoms with Gasteiger partial charge in [0.1, 0.15) is 0 Å². The maximum absolute atomic E-state index is 9.39. The molecule has 3 rings (SSSR count). The third-order valence-corrected chi connectivity index (χ3v) is 3.39. The van der Waals surface area contributed by atoms with Gasteiger partial charge in [0.2, 0.25) is 5.89 Å². The van der Waals surface area contributed by atoms with Gasteiger partial charge in [-0.05, 0) is 19.3 Å². The molecule has 0 amide bonds. The van der Waals surface area contributed by atoms with E-state index < -0.39 is 0 Å². The zero-order valence-corrected chi connectivity index (χ0v) is 8.73. The number of hydrogen-bond donors (Lipinski definition) is 2. The Kier molecular flexibility index (Phi) is 1.87. The van der Waals surface area contributed by atoms with E-state index in [0.717, 1.165) is 18.7 Å². The fraction of sp³-hybridized carbons (Fsp3) is 0.800. The van der Waals surface area contributed by atoms with E-state index in [1.54, 1.807) is 0 Å². The number of β-amino-alcohol motifs (C(OH)–C–C–N with tert-alkyl or cyclic N) is 1. The average molecular weight is 209 g/mol. The molecule has 1 aliphatic carbocycles. The first-order chi connectivity index (χ1) is 7.17. The highest BCUT2D eigenvalue weighted by Crippen LogP contribution is 2.46. The van der Waals surface area contributed by atoms with Crippen LogP contribution < -0.4 is 5.32 Å². The molecule has 5 heteroatoms. The molecular formula is C10H15N3O2. The topological polar surface area (TPSA) is 71.2 Å². The predicted octanol–water partition coefficient (Wildman–Crippen LogP) is 0.516. The lowest BCUT2D eigenvalue weighted by atomic mass is 10.1. The highest BCUT2D eigenvalue weighted by atomic mass is 16.5. The van der Waals surface area contributed by atoms with Gasteiger partial charge in [0.25, 0.3) is 0 Å². The van der Waals surface area contributed by atoms with Crippen molar-refractivity contribution in [3.05, 3.63) is 11.7 Å². The smallest absolute Gasteiger partial charge is 0.243 e. The molecular weight excluding hydrogens is 194 g/mol. The first-order valence-electron chi connectivity index (χ1n) is 5.43. The van der Waals surface area contributed by atoms with E-state index >= 15 is 0 Å². The zero-order valence-electron chi connectivity index (χ0n) is 8.73. The molecule has 1 aromatic rings. The summed E-state index contributed by atoms with van der Waals surface area (Å²) in [6.07, 6.45) is 2.67. The van der Waals surface area contributed by atoms with Crippen LogP contribution in [0.25, 0.3) is 0 Å². The molecule has 0 aromatic carbocycles. The van der Waals surface area contributed by atoms with Crippen LogP contribution in [0.3, 0.4) is 0 Å². The molecule has 1 aromatic heterocycles. The summed E-state index contributed by atoms with van der Waals surface area (Å²) in [6.45, 7) is 2.76. The van der Waals surface area contributed by atoms with Gasteiger partial charge < -0.3 is 14.9 Å². The monoisotopic (exact) mass is 209 g/mol. The maximum atomic E-state index is 9.39. The van der Waals surface area contributed by atoms with E-state index in [1.807, 2.05) is 0 Å². The van der Waals surface area contributed by atoms with E-state index in [2.05, 4.69) is 22.4 Å². The quantitative estimate of drug-likeness (QED) is 0.743. The van der Waals surface area contributed by atoms with E-state index in [9.17, 15) is 5.11 Å². The van der Waals surface area contributed by atoms with E-state index in [4.69, 9.17) is 4.52 Å². The number of nitrogens with one attached hydrogen (secondary N) is 1. The van der Waals surface area contributed by atoms with Crippen molar-refractivity contribution < 1.29 is 9.63 Å². The average Bonchev–Trinajstić information content (AvgIpc) is 2.72. The Hall–Kier alpha value is -0.940. The van der Waals surface area contributed by atoms with Gasteiger partial charge in [-0.25, -0.2) is 0 Å². The van der Waals surface area contributed by atoms with Gasteiger partial charge in [-0.2, -0.15) is 4.98 Å². The third-order valence-electron chi connectivity index (χ3n) is 3.39. The van der Waals surface area contributed by atoms with E-state index in [1.165, 1.54) is 0 Å². The molecule has 1 aliphatic heterocycles. The summed E-state index contributed by atoms with van der Waals surface area (Å²) in [5, 5.41) is 16.6. The predicted molar refractivity (Wildman–Crippen MR) is 52.3 cm³/mol. The van der Waals surface area contributed by atoms with Crippen LogP contribution in [0, 0.1) is 0 Å². The van der Waals surface area contributed by atoms with Crippen molar-refractivity contribution in [2.45, 2.75) is 43.7 Å². The lowest BCUT2D eigenvalue weighted by Crippen LogP contribution is -2.15. The fourth-order valence-corrected chi connectivity index (χ4v) is 1.94. The molecule has 2 fully saturated rings. The molecule has 2 aliphatic rings.